The number of rotatable bonds is 27. The lowest BCUT2D eigenvalue weighted by molar-refractivity contribution is -0.142. The monoisotopic (exact) mass is 522 g/mol. The van der Waals surface area contributed by atoms with Gasteiger partial charge in [-0.1, -0.05) is 137 Å². The highest BCUT2D eigenvalue weighted by Gasteiger charge is 2.23. The van der Waals surface area contributed by atoms with E-state index in [0.717, 1.165) is 57.8 Å². The van der Waals surface area contributed by atoms with Crippen LogP contribution in [0.25, 0.3) is 0 Å². The average Bonchev–Trinajstić information content (AvgIpc) is 2.90. The van der Waals surface area contributed by atoms with Gasteiger partial charge < -0.3 is 9.47 Å². The summed E-state index contributed by atoms with van der Waals surface area (Å²) in [4.78, 5) is 26.4. The van der Waals surface area contributed by atoms with Gasteiger partial charge in [0.1, 0.15) is 0 Å². The van der Waals surface area contributed by atoms with E-state index in [1.54, 1.807) is 0 Å². The number of carbonyl (C=O) groups excluding carboxylic acids is 2. The Morgan fingerprint density at radius 2 is 0.649 bits per heavy atom. The van der Waals surface area contributed by atoms with Gasteiger partial charge in [-0.15, -0.1) is 0 Å². The molecule has 0 saturated carbocycles. The maximum absolute atomic E-state index is 13.2. The molecule has 0 aromatic rings. The van der Waals surface area contributed by atoms with Crippen LogP contribution in [0.2, 0.25) is 0 Å². The lowest BCUT2D eigenvalue weighted by Crippen LogP contribution is -2.18. The Hall–Kier alpha value is -1.32. The zero-order valence-electron chi connectivity index (χ0n) is 25.3. The van der Waals surface area contributed by atoms with E-state index in [1.807, 2.05) is 0 Å². The largest absolute Gasteiger partial charge is 0.462 e. The van der Waals surface area contributed by atoms with Crippen LogP contribution in [-0.2, 0) is 19.1 Å². The van der Waals surface area contributed by atoms with Gasteiger partial charge in [-0.3, -0.25) is 0 Å². The Bertz CT molecular complexity index is 567. The van der Waals surface area contributed by atoms with Crippen molar-refractivity contribution in [2.45, 2.75) is 175 Å². The van der Waals surface area contributed by atoms with Crippen molar-refractivity contribution in [3.05, 3.63) is 11.1 Å². The van der Waals surface area contributed by atoms with Gasteiger partial charge in [-0.25, -0.2) is 9.59 Å². The molecule has 0 aliphatic carbocycles. The smallest absolute Gasteiger partial charge is 0.334 e. The van der Waals surface area contributed by atoms with E-state index in [2.05, 4.69) is 27.7 Å². The summed E-state index contributed by atoms with van der Waals surface area (Å²) in [7, 11) is 0. The fraction of sp³-hybridized carbons (Fsp3) is 0.879. The molecule has 0 radical (unpaired) electrons. The van der Waals surface area contributed by atoms with Crippen molar-refractivity contribution in [2.75, 3.05) is 13.2 Å². The summed E-state index contributed by atoms with van der Waals surface area (Å²) in [5.74, 6) is -0.577. The minimum Gasteiger partial charge on any atom is -0.462 e. The third-order valence-corrected chi connectivity index (χ3v) is 7.13. The van der Waals surface area contributed by atoms with Gasteiger partial charge in [0.25, 0.3) is 0 Å². The molecule has 218 valence electrons. The van der Waals surface area contributed by atoms with Crippen LogP contribution >= 0.6 is 0 Å². The van der Waals surface area contributed by atoms with Gasteiger partial charge in [0.15, 0.2) is 0 Å². The van der Waals surface area contributed by atoms with E-state index in [1.165, 1.54) is 77.0 Å². The Kier molecular flexibility index (Phi) is 26.7. The number of hydrogen-bond acceptors (Lipinski definition) is 4. The number of unbranched alkanes of at least 4 members (excludes halogenated alkanes) is 17. The summed E-state index contributed by atoms with van der Waals surface area (Å²) < 4.78 is 11.4. The Morgan fingerprint density at radius 1 is 0.378 bits per heavy atom. The molecule has 0 aromatic carbocycles. The summed E-state index contributed by atoms with van der Waals surface area (Å²) in [6, 6.07) is 0. The van der Waals surface area contributed by atoms with E-state index in [9.17, 15) is 9.59 Å². The highest BCUT2D eigenvalue weighted by atomic mass is 16.5. The van der Waals surface area contributed by atoms with Crippen molar-refractivity contribution in [2.24, 2.45) is 0 Å². The van der Waals surface area contributed by atoms with Crippen molar-refractivity contribution in [1.29, 1.82) is 0 Å². The highest BCUT2D eigenvalue weighted by molar-refractivity contribution is 6.00. The van der Waals surface area contributed by atoms with Crippen LogP contribution in [0.15, 0.2) is 11.1 Å². The molecule has 0 amide bonds. The van der Waals surface area contributed by atoms with Gasteiger partial charge in [0.05, 0.1) is 13.2 Å². The van der Waals surface area contributed by atoms with Crippen molar-refractivity contribution >= 4 is 11.9 Å². The molecule has 0 aromatic heterocycles. The Labute approximate surface area is 230 Å². The first-order valence-electron chi connectivity index (χ1n) is 16.2. The second-order valence-corrected chi connectivity index (χ2v) is 10.7. The fourth-order valence-corrected chi connectivity index (χ4v) is 4.65. The minimum atomic E-state index is -0.290. The zero-order chi connectivity index (χ0) is 27.4. The van der Waals surface area contributed by atoms with Gasteiger partial charge in [0, 0.05) is 11.1 Å². The molecule has 0 aliphatic rings. The van der Waals surface area contributed by atoms with E-state index in [4.69, 9.17) is 9.47 Å². The van der Waals surface area contributed by atoms with Crippen LogP contribution in [0, 0.1) is 0 Å². The number of carbonyl (C=O) groups is 2. The van der Waals surface area contributed by atoms with Crippen LogP contribution in [0.4, 0.5) is 0 Å². The van der Waals surface area contributed by atoms with Gasteiger partial charge in [-0.05, 0) is 38.5 Å². The first-order valence-corrected chi connectivity index (χ1v) is 16.2. The van der Waals surface area contributed by atoms with Crippen molar-refractivity contribution < 1.29 is 19.1 Å². The number of esters is 2. The zero-order valence-corrected chi connectivity index (χ0v) is 25.3. The molecular weight excluding hydrogens is 460 g/mol. The number of hydrogen-bond donors (Lipinski definition) is 0. The topological polar surface area (TPSA) is 52.6 Å². The molecule has 0 N–H and O–H groups in total. The van der Waals surface area contributed by atoms with E-state index >= 15 is 0 Å². The summed E-state index contributed by atoms with van der Waals surface area (Å²) >= 11 is 0. The second kappa shape index (κ2) is 27.7. The van der Waals surface area contributed by atoms with Crippen LogP contribution in [0.1, 0.15) is 175 Å². The van der Waals surface area contributed by atoms with Crippen molar-refractivity contribution in [3.8, 4) is 0 Å². The summed E-state index contributed by atoms with van der Waals surface area (Å²) in [5, 5.41) is 0. The fourth-order valence-electron chi connectivity index (χ4n) is 4.65. The SMILES string of the molecule is CCCCCCCCOC(=O)C(CCCCC)=C(CCCCCCCC)C(=O)OCCCCCCCC. The lowest BCUT2D eigenvalue weighted by Gasteiger charge is -2.15. The molecule has 0 bridgehead atoms. The predicted molar refractivity (Wildman–Crippen MR) is 158 cm³/mol. The molecule has 37 heavy (non-hydrogen) atoms. The quantitative estimate of drug-likeness (QED) is 0.0611. The van der Waals surface area contributed by atoms with Crippen LogP contribution in [0.3, 0.4) is 0 Å². The number of ether oxygens (including phenoxy) is 2. The minimum absolute atomic E-state index is 0.287. The maximum Gasteiger partial charge on any atom is 0.334 e. The maximum atomic E-state index is 13.2. The van der Waals surface area contributed by atoms with E-state index in [0.29, 0.717) is 37.2 Å². The lowest BCUT2D eigenvalue weighted by atomic mass is 9.96. The van der Waals surface area contributed by atoms with Gasteiger partial charge in [0.2, 0.25) is 0 Å². The Morgan fingerprint density at radius 3 is 1.03 bits per heavy atom. The summed E-state index contributed by atoms with van der Waals surface area (Å²) in [6.07, 6.45) is 25.0. The van der Waals surface area contributed by atoms with Crippen LogP contribution < -0.4 is 0 Å². The molecule has 0 heterocycles. The molecule has 0 saturated heterocycles. The van der Waals surface area contributed by atoms with Crippen molar-refractivity contribution in [3.63, 3.8) is 0 Å². The van der Waals surface area contributed by atoms with E-state index in [-0.39, 0.29) is 11.9 Å². The molecule has 4 heteroatoms. The third kappa shape index (κ3) is 21.3. The molecular formula is C33H62O4. The predicted octanol–water partition coefficient (Wildman–Crippen LogP) is 10.4. The van der Waals surface area contributed by atoms with Crippen LogP contribution in [0.5, 0.6) is 0 Å². The first-order chi connectivity index (χ1) is 18.1. The van der Waals surface area contributed by atoms with Gasteiger partial charge in [-0.2, -0.15) is 0 Å². The normalized spacial score (nSPS) is 11.9. The second-order valence-electron chi connectivity index (χ2n) is 10.7. The molecule has 0 fully saturated rings. The Balaban J connectivity index is 5.16. The van der Waals surface area contributed by atoms with Crippen LogP contribution in [-0.4, -0.2) is 25.2 Å². The average molecular weight is 523 g/mol. The molecule has 0 unspecified atom stereocenters. The molecule has 4 nitrogen and oxygen atoms in total. The molecule has 0 rings (SSSR count). The first kappa shape index (κ1) is 35.7. The summed E-state index contributed by atoms with van der Waals surface area (Å²) in [6.45, 7) is 9.71. The van der Waals surface area contributed by atoms with Gasteiger partial charge >= 0.3 is 11.9 Å². The standard InChI is InChI=1S/C33H62O4/c1-5-9-13-16-19-23-27-31(33(35)37-29-25-21-18-15-11-7-3)30(26-22-12-8-4)32(34)36-28-24-20-17-14-10-6-2/h5-29H2,1-4H3. The summed E-state index contributed by atoms with van der Waals surface area (Å²) in [5.41, 5.74) is 1.17. The van der Waals surface area contributed by atoms with Crippen molar-refractivity contribution in [1.82, 2.24) is 0 Å². The molecule has 0 atom stereocenters. The molecule has 0 aliphatic heterocycles. The van der Waals surface area contributed by atoms with E-state index < -0.39 is 0 Å². The molecule has 0 spiro atoms. The highest BCUT2D eigenvalue weighted by Crippen LogP contribution is 2.23. The third-order valence-electron chi connectivity index (χ3n) is 7.13.